The van der Waals surface area contributed by atoms with E-state index in [1.54, 1.807) is 0 Å². The molecule has 7 heavy (non-hydrogen) atoms. The molecule has 3 atom stereocenters. The predicted octanol–water partition coefficient (Wildman–Crippen LogP) is -0.319. The molecule has 0 amide bonds. The molecule has 1 rings (SSSR count). The largest absolute Gasteiger partial charge is 0.326 e. The van der Waals surface area contributed by atoms with Gasteiger partial charge >= 0.3 is 0 Å². The van der Waals surface area contributed by atoms with Crippen molar-refractivity contribution >= 4 is 0 Å². The molecule has 0 aromatic carbocycles. The zero-order valence-electron chi connectivity index (χ0n) is 4.59. The Morgan fingerprint density at radius 1 is 1.43 bits per heavy atom. The van der Waals surface area contributed by atoms with Gasteiger partial charge in [-0.2, -0.15) is 0 Å². The Balaban J connectivity index is 2.29. The van der Waals surface area contributed by atoms with Gasteiger partial charge in [0, 0.05) is 12.1 Å². The van der Waals surface area contributed by atoms with Gasteiger partial charge in [-0.25, -0.2) is 0 Å². The van der Waals surface area contributed by atoms with Crippen LogP contribution in [0.3, 0.4) is 0 Å². The summed E-state index contributed by atoms with van der Waals surface area (Å²) in [7, 11) is 0. The van der Waals surface area contributed by atoms with E-state index in [2.05, 4.69) is 6.92 Å². The van der Waals surface area contributed by atoms with Crippen molar-refractivity contribution in [3.63, 3.8) is 0 Å². The van der Waals surface area contributed by atoms with Gasteiger partial charge in [0.1, 0.15) is 0 Å². The topological polar surface area (TPSA) is 52.0 Å². The number of nitrogens with two attached hydrogens (primary N) is 2. The third-order valence-electron chi connectivity index (χ3n) is 1.80. The quantitative estimate of drug-likeness (QED) is 0.438. The van der Waals surface area contributed by atoms with Crippen LogP contribution in [-0.4, -0.2) is 12.1 Å². The Labute approximate surface area is 43.9 Å². The van der Waals surface area contributed by atoms with E-state index in [1.165, 1.54) is 0 Å². The minimum absolute atomic E-state index is 0.278. The van der Waals surface area contributed by atoms with Crippen molar-refractivity contribution in [3.05, 3.63) is 0 Å². The minimum Gasteiger partial charge on any atom is -0.326 e. The molecule has 2 nitrogen and oxygen atoms in total. The molecule has 1 fully saturated rings. The van der Waals surface area contributed by atoms with Crippen molar-refractivity contribution in [1.29, 1.82) is 0 Å². The normalized spacial score (nSPS) is 51.0. The van der Waals surface area contributed by atoms with Crippen molar-refractivity contribution in [3.8, 4) is 0 Å². The zero-order valence-corrected chi connectivity index (χ0v) is 4.59. The molecule has 1 saturated carbocycles. The van der Waals surface area contributed by atoms with Crippen molar-refractivity contribution in [2.45, 2.75) is 25.4 Å². The maximum atomic E-state index is 5.54. The lowest BCUT2D eigenvalue weighted by molar-refractivity contribution is 0.232. The third-order valence-corrected chi connectivity index (χ3v) is 1.80. The average Bonchev–Trinajstić information content (AvgIpc) is 1.68. The summed E-state index contributed by atoms with van der Waals surface area (Å²) >= 11 is 0. The number of hydrogen-bond acceptors (Lipinski definition) is 2. The Morgan fingerprint density at radius 2 is 2.00 bits per heavy atom. The highest BCUT2D eigenvalue weighted by Crippen LogP contribution is 2.22. The first kappa shape index (κ1) is 5.06. The van der Waals surface area contributed by atoms with Gasteiger partial charge in [-0.3, -0.25) is 0 Å². The molecule has 0 bridgehead atoms. The van der Waals surface area contributed by atoms with E-state index >= 15 is 0 Å². The van der Waals surface area contributed by atoms with Gasteiger partial charge < -0.3 is 11.5 Å². The molecule has 42 valence electrons. The minimum atomic E-state index is 0.278. The molecular formula is C5H12N2. The molecule has 0 aromatic rings. The van der Waals surface area contributed by atoms with Crippen LogP contribution >= 0.6 is 0 Å². The molecule has 1 aliphatic rings. The SMILES string of the molecule is C[C@@H]1C[C@H](N)[C@@H]1N. The van der Waals surface area contributed by atoms with Gasteiger partial charge in [-0.05, 0) is 12.3 Å². The Kier molecular flexibility index (Phi) is 1.05. The van der Waals surface area contributed by atoms with Crippen LogP contribution in [0.5, 0.6) is 0 Å². The molecule has 4 N–H and O–H groups in total. The fraction of sp³-hybridized carbons (Fsp3) is 1.00. The lowest BCUT2D eigenvalue weighted by Crippen LogP contribution is -2.56. The van der Waals surface area contributed by atoms with Crippen LogP contribution < -0.4 is 11.5 Å². The first-order chi connectivity index (χ1) is 3.22. The standard InChI is InChI=1S/C5H12N2/c1-3-2-4(6)5(3)7/h3-5H,2,6-7H2,1H3/t3-,4+,5-/m1/s1. The Hall–Kier alpha value is -0.0800. The lowest BCUT2D eigenvalue weighted by atomic mass is 9.77. The highest BCUT2D eigenvalue weighted by Gasteiger charge is 2.31. The van der Waals surface area contributed by atoms with Gasteiger partial charge in [0.25, 0.3) is 0 Å². The summed E-state index contributed by atoms with van der Waals surface area (Å²) in [6.45, 7) is 2.13. The van der Waals surface area contributed by atoms with E-state index in [4.69, 9.17) is 11.5 Å². The molecule has 0 saturated heterocycles. The second kappa shape index (κ2) is 1.46. The summed E-state index contributed by atoms with van der Waals surface area (Å²) in [5, 5.41) is 0. The van der Waals surface area contributed by atoms with E-state index in [0.717, 1.165) is 6.42 Å². The summed E-state index contributed by atoms with van der Waals surface area (Å²) in [4.78, 5) is 0. The first-order valence-corrected chi connectivity index (χ1v) is 2.73. The molecule has 0 aliphatic heterocycles. The summed E-state index contributed by atoms with van der Waals surface area (Å²) in [6.07, 6.45) is 1.11. The summed E-state index contributed by atoms with van der Waals surface area (Å²) in [5.74, 6) is 0.662. The lowest BCUT2D eigenvalue weighted by Gasteiger charge is -2.37. The van der Waals surface area contributed by atoms with Crippen molar-refractivity contribution in [2.75, 3.05) is 0 Å². The van der Waals surface area contributed by atoms with Crippen LogP contribution in [-0.2, 0) is 0 Å². The Morgan fingerprint density at radius 3 is 2.00 bits per heavy atom. The van der Waals surface area contributed by atoms with Crippen molar-refractivity contribution in [2.24, 2.45) is 17.4 Å². The second-order valence-electron chi connectivity index (χ2n) is 2.45. The first-order valence-electron chi connectivity index (χ1n) is 2.73. The fourth-order valence-electron chi connectivity index (χ4n) is 0.970. The molecular weight excluding hydrogens is 88.1 g/mol. The Bertz CT molecular complexity index is 64.5. The van der Waals surface area contributed by atoms with Crippen LogP contribution in [0.2, 0.25) is 0 Å². The van der Waals surface area contributed by atoms with Gasteiger partial charge in [-0.1, -0.05) is 6.92 Å². The zero-order chi connectivity index (χ0) is 5.44. The maximum absolute atomic E-state index is 5.54. The fourth-order valence-corrected chi connectivity index (χ4v) is 0.970. The average molecular weight is 100 g/mol. The van der Waals surface area contributed by atoms with Crippen LogP contribution in [0.1, 0.15) is 13.3 Å². The van der Waals surface area contributed by atoms with E-state index in [-0.39, 0.29) is 12.1 Å². The highest BCUT2D eigenvalue weighted by atomic mass is 14.8. The molecule has 0 radical (unpaired) electrons. The van der Waals surface area contributed by atoms with Crippen LogP contribution in [0.15, 0.2) is 0 Å². The molecule has 0 unspecified atom stereocenters. The third kappa shape index (κ3) is 0.640. The molecule has 0 spiro atoms. The van der Waals surface area contributed by atoms with E-state index < -0.39 is 0 Å². The van der Waals surface area contributed by atoms with Crippen LogP contribution in [0, 0.1) is 5.92 Å². The molecule has 1 aliphatic carbocycles. The van der Waals surface area contributed by atoms with Crippen molar-refractivity contribution < 1.29 is 0 Å². The highest BCUT2D eigenvalue weighted by molar-refractivity contribution is 4.92. The smallest absolute Gasteiger partial charge is 0.0219 e. The van der Waals surface area contributed by atoms with Crippen molar-refractivity contribution in [1.82, 2.24) is 0 Å². The summed E-state index contributed by atoms with van der Waals surface area (Å²) in [5.41, 5.74) is 11.0. The van der Waals surface area contributed by atoms with E-state index in [0.29, 0.717) is 5.92 Å². The van der Waals surface area contributed by atoms with E-state index in [9.17, 15) is 0 Å². The maximum Gasteiger partial charge on any atom is 0.0219 e. The van der Waals surface area contributed by atoms with Gasteiger partial charge in [0.05, 0.1) is 0 Å². The summed E-state index contributed by atoms with van der Waals surface area (Å²) in [6, 6.07) is 0.565. The molecule has 0 aromatic heterocycles. The van der Waals surface area contributed by atoms with E-state index in [1.807, 2.05) is 0 Å². The van der Waals surface area contributed by atoms with Crippen LogP contribution in [0.25, 0.3) is 0 Å². The van der Waals surface area contributed by atoms with Gasteiger partial charge in [0.15, 0.2) is 0 Å². The molecule has 0 heterocycles. The number of rotatable bonds is 0. The predicted molar refractivity (Wildman–Crippen MR) is 29.7 cm³/mol. The van der Waals surface area contributed by atoms with Gasteiger partial charge in [-0.15, -0.1) is 0 Å². The monoisotopic (exact) mass is 100 g/mol. The molecule has 2 heteroatoms. The van der Waals surface area contributed by atoms with Crippen LogP contribution in [0.4, 0.5) is 0 Å². The number of hydrogen-bond donors (Lipinski definition) is 2. The summed E-state index contributed by atoms with van der Waals surface area (Å²) < 4.78 is 0. The van der Waals surface area contributed by atoms with Gasteiger partial charge in [0.2, 0.25) is 0 Å². The second-order valence-corrected chi connectivity index (χ2v) is 2.45.